The highest BCUT2D eigenvalue weighted by molar-refractivity contribution is 7.90. The molecule has 0 unspecified atom stereocenters. The number of carbonyl (C=O) groups is 1. The van der Waals surface area contributed by atoms with Gasteiger partial charge in [0.05, 0.1) is 22.3 Å². The number of nitrogens with one attached hydrogen (secondary N) is 1. The zero-order valence-corrected chi connectivity index (χ0v) is 19.1. The zero-order valence-electron chi connectivity index (χ0n) is 18.3. The Hall–Kier alpha value is -4.01. The van der Waals surface area contributed by atoms with Gasteiger partial charge < -0.3 is 5.32 Å². The largest absolute Gasteiger partial charge is 0.433 e. The molecule has 2 heterocycles. The van der Waals surface area contributed by atoms with E-state index in [-0.39, 0.29) is 10.6 Å². The van der Waals surface area contributed by atoms with Crippen molar-refractivity contribution in [2.45, 2.75) is 17.2 Å². The van der Waals surface area contributed by atoms with Crippen LogP contribution in [0.15, 0.2) is 59.6 Å². The molecular formula is C22H13F7N4O3S. The molecule has 1 N–H and O–H groups in total. The molecule has 0 saturated heterocycles. The number of aromatic nitrogens is 3. The summed E-state index contributed by atoms with van der Waals surface area (Å²) < 4.78 is 118. The number of nitrogens with zero attached hydrogens (tertiary/aromatic N) is 3. The van der Waals surface area contributed by atoms with Gasteiger partial charge >= 0.3 is 12.4 Å². The van der Waals surface area contributed by atoms with Crippen LogP contribution in [0.5, 0.6) is 0 Å². The number of rotatable bonds is 4. The van der Waals surface area contributed by atoms with Gasteiger partial charge in [-0.2, -0.15) is 31.4 Å². The zero-order chi connectivity index (χ0) is 27.3. The standard InChI is InChI=1S/C22H13F7N4O3S/c1-37(35,36)13-4-2-3-12(8-13)31-20(34)14-10-30-33-18(22(27,28)29)9-17(32-19(14)33)11-5-6-15(16(23)7-11)21(24,25)26/h2-10H,1H3,(H,31,34). The second-order valence-electron chi connectivity index (χ2n) is 7.76. The van der Waals surface area contributed by atoms with E-state index < -0.39 is 67.6 Å². The fraction of sp³-hybridized carbons (Fsp3) is 0.136. The molecule has 0 radical (unpaired) electrons. The van der Waals surface area contributed by atoms with Gasteiger partial charge in [-0.3, -0.25) is 4.79 Å². The summed E-state index contributed by atoms with van der Waals surface area (Å²) in [6.07, 6.45) is -8.34. The van der Waals surface area contributed by atoms with E-state index >= 15 is 0 Å². The first-order chi connectivity index (χ1) is 17.1. The number of alkyl halides is 6. The molecule has 0 bridgehead atoms. The fourth-order valence-electron chi connectivity index (χ4n) is 3.38. The molecule has 1 amide bonds. The van der Waals surface area contributed by atoms with E-state index in [1.807, 2.05) is 0 Å². The Bertz CT molecular complexity index is 1640. The van der Waals surface area contributed by atoms with Gasteiger partial charge in [0.1, 0.15) is 11.4 Å². The number of sulfone groups is 1. The number of benzene rings is 2. The smallest absolute Gasteiger partial charge is 0.322 e. The molecule has 4 rings (SSSR count). The minimum absolute atomic E-state index is 0.00397. The van der Waals surface area contributed by atoms with E-state index in [1.54, 1.807) is 0 Å². The van der Waals surface area contributed by atoms with E-state index in [4.69, 9.17) is 0 Å². The summed E-state index contributed by atoms with van der Waals surface area (Å²) in [7, 11) is -3.63. The van der Waals surface area contributed by atoms with Gasteiger partial charge in [-0.1, -0.05) is 12.1 Å². The number of amides is 1. The van der Waals surface area contributed by atoms with E-state index in [0.717, 1.165) is 24.6 Å². The van der Waals surface area contributed by atoms with Crippen molar-refractivity contribution in [2.24, 2.45) is 0 Å². The lowest BCUT2D eigenvalue weighted by Gasteiger charge is -2.13. The van der Waals surface area contributed by atoms with Crippen molar-refractivity contribution in [3.05, 3.63) is 77.4 Å². The predicted molar refractivity (Wildman–Crippen MR) is 116 cm³/mol. The second kappa shape index (κ2) is 8.83. The highest BCUT2D eigenvalue weighted by Crippen LogP contribution is 2.36. The monoisotopic (exact) mass is 546 g/mol. The first-order valence-corrected chi connectivity index (χ1v) is 11.9. The van der Waals surface area contributed by atoms with Crippen molar-refractivity contribution in [1.82, 2.24) is 14.6 Å². The Morgan fingerprint density at radius 1 is 0.973 bits per heavy atom. The molecule has 0 saturated carbocycles. The van der Waals surface area contributed by atoms with Crippen LogP contribution in [-0.2, 0) is 22.2 Å². The number of hydrogen-bond acceptors (Lipinski definition) is 5. The van der Waals surface area contributed by atoms with Crippen molar-refractivity contribution >= 4 is 27.1 Å². The van der Waals surface area contributed by atoms with Crippen molar-refractivity contribution in [2.75, 3.05) is 11.6 Å². The molecule has 194 valence electrons. The molecule has 0 atom stereocenters. The van der Waals surface area contributed by atoms with E-state index in [2.05, 4.69) is 15.4 Å². The van der Waals surface area contributed by atoms with Crippen LogP contribution < -0.4 is 5.32 Å². The molecule has 0 fully saturated rings. The van der Waals surface area contributed by atoms with Gasteiger partial charge in [0.25, 0.3) is 5.91 Å². The SMILES string of the molecule is CS(=O)(=O)c1cccc(NC(=O)c2cnn3c(C(F)(F)F)cc(-c4ccc(C(F)(F)F)c(F)c4)nc23)c1. The normalized spacial score (nSPS) is 12.6. The lowest BCUT2D eigenvalue weighted by molar-refractivity contribution is -0.142. The summed E-state index contributed by atoms with van der Waals surface area (Å²) >= 11 is 0. The van der Waals surface area contributed by atoms with Gasteiger partial charge in [-0.25, -0.2) is 22.3 Å². The highest BCUT2D eigenvalue weighted by Gasteiger charge is 2.37. The van der Waals surface area contributed by atoms with Gasteiger partial charge in [0.15, 0.2) is 21.2 Å². The third-order valence-corrected chi connectivity index (χ3v) is 6.21. The van der Waals surface area contributed by atoms with E-state index in [1.165, 1.54) is 18.2 Å². The summed E-state index contributed by atoms with van der Waals surface area (Å²) in [5, 5.41) is 5.89. The summed E-state index contributed by atoms with van der Waals surface area (Å²) in [6, 6.07) is 7.02. The van der Waals surface area contributed by atoms with Gasteiger partial charge in [-0.15, -0.1) is 0 Å². The Balaban J connectivity index is 1.82. The van der Waals surface area contributed by atoms with Crippen LogP contribution in [0.2, 0.25) is 0 Å². The van der Waals surface area contributed by atoms with Gasteiger partial charge in [0, 0.05) is 17.5 Å². The minimum Gasteiger partial charge on any atom is -0.322 e. The molecule has 2 aromatic heterocycles. The van der Waals surface area contributed by atoms with Crippen LogP contribution in [0.4, 0.5) is 36.4 Å². The molecule has 0 aliphatic heterocycles. The van der Waals surface area contributed by atoms with Gasteiger partial charge in [0.2, 0.25) is 0 Å². The van der Waals surface area contributed by atoms with E-state index in [9.17, 15) is 43.9 Å². The Kier molecular flexibility index (Phi) is 6.22. The van der Waals surface area contributed by atoms with Gasteiger partial charge in [-0.05, 0) is 36.4 Å². The molecule has 37 heavy (non-hydrogen) atoms. The quantitative estimate of drug-likeness (QED) is 0.354. The fourth-order valence-corrected chi connectivity index (χ4v) is 4.05. The molecule has 0 spiro atoms. The van der Waals surface area contributed by atoms with Crippen LogP contribution in [0.25, 0.3) is 16.9 Å². The van der Waals surface area contributed by atoms with Crippen LogP contribution >= 0.6 is 0 Å². The lowest BCUT2D eigenvalue weighted by atomic mass is 10.1. The summed E-state index contributed by atoms with van der Waals surface area (Å²) in [4.78, 5) is 16.6. The van der Waals surface area contributed by atoms with Crippen molar-refractivity contribution in [3.63, 3.8) is 0 Å². The third-order valence-electron chi connectivity index (χ3n) is 5.10. The second-order valence-corrected chi connectivity index (χ2v) is 9.78. The average Bonchev–Trinajstić information content (AvgIpc) is 3.20. The maximum Gasteiger partial charge on any atom is 0.433 e. The van der Waals surface area contributed by atoms with Crippen molar-refractivity contribution in [1.29, 1.82) is 0 Å². The predicted octanol–water partition coefficient (Wildman–Crippen LogP) is 5.23. The minimum atomic E-state index is -5.04. The summed E-state index contributed by atoms with van der Waals surface area (Å²) in [6.45, 7) is 0. The number of carbonyl (C=O) groups excluding carboxylic acids is 1. The molecule has 15 heteroatoms. The first kappa shape index (κ1) is 26.1. The molecule has 2 aromatic carbocycles. The Morgan fingerprint density at radius 2 is 1.68 bits per heavy atom. The molecule has 7 nitrogen and oxygen atoms in total. The first-order valence-electron chi connectivity index (χ1n) is 10.0. The number of fused-ring (bicyclic) bond motifs is 1. The Labute approximate surface area is 203 Å². The molecule has 0 aliphatic carbocycles. The lowest BCUT2D eigenvalue weighted by Crippen LogP contribution is -2.16. The Morgan fingerprint density at radius 3 is 2.27 bits per heavy atom. The van der Waals surface area contributed by atoms with Crippen LogP contribution in [0.3, 0.4) is 0 Å². The van der Waals surface area contributed by atoms with E-state index in [0.29, 0.717) is 22.7 Å². The summed E-state index contributed by atoms with van der Waals surface area (Å²) in [5.74, 6) is -2.73. The highest BCUT2D eigenvalue weighted by atomic mass is 32.2. The maximum absolute atomic E-state index is 14.1. The maximum atomic E-state index is 14.1. The topological polar surface area (TPSA) is 93.4 Å². The summed E-state index contributed by atoms with van der Waals surface area (Å²) in [5.41, 5.74) is -5.11. The number of halogens is 7. The third kappa shape index (κ3) is 5.26. The number of hydrogen-bond donors (Lipinski definition) is 1. The molecule has 4 aromatic rings. The average molecular weight is 546 g/mol. The number of anilines is 1. The van der Waals surface area contributed by atoms with Crippen molar-refractivity contribution < 1.29 is 43.9 Å². The van der Waals surface area contributed by atoms with Crippen LogP contribution in [0.1, 0.15) is 21.6 Å². The van der Waals surface area contributed by atoms with Crippen LogP contribution in [-0.4, -0.2) is 35.2 Å². The molecule has 0 aliphatic rings. The van der Waals surface area contributed by atoms with Crippen molar-refractivity contribution in [3.8, 4) is 11.3 Å². The molecular weight excluding hydrogens is 533 g/mol. The van der Waals surface area contributed by atoms with Crippen LogP contribution in [0, 0.1) is 5.82 Å².